The van der Waals surface area contributed by atoms with Gasteiger partial charge in [-0.15, -0.1) is 0 Å². The molecule has 0 amide bonds. The Hall–Kier alpha value is -2.03. The third-order valence-electron chi connectivity index (χ3n) is 4.00. The van der Waals surface area contributed by atoms with Gasteiger partial charge in [-0.1, -0.05) is 24.3 Å². The van der Waals surface area contributed by atoms with Crippen molar-refractivity contribution in [2.24, 2.45) is 0 Å². The summed E-state index contributed by atoms with van der Waals surface area (Å²) in [6.07, 6.45) is 4.94. The SMILES string of the molecule is Cc1ccccc1-c1ccnc(C2CCC(=O)CC2)n1. The molecule has 0 saturated heterocycles. The fourth-order valence-electron chi connectivity index (χ4n) is 2.78. The van der Waals surface area contributed by atoms with Gasteiger partial charge in [0.25, 0.3) is 0 Å². The van der Waals surface area contributed by atoms with Gasteiger partial charge >= 0.3 is 0 Å². The summed E-state index contributed by atoms with van der Waals surface area (Å²) in [6, 6.07) is 10.2. The molecule has 0 radical (unpaired) electrons. The van der Waals surface area contributed by atoms with Gasteiger partial charge in [0.1, 0.15) is 11.6 Å². The molecule has 3 nitrogen and oxygen atoms in total. The van der Waals surface area contributed by atoms with E-state index in [0.29, 0.717) is 24.5 Å². The molecule has 1 aliphatic carbocycles. The van der Waals surface area contributed by atoms with Crippen molar-refractivity contribution in [3.8, 4) is 11.3 Å². The first-order chi connectivity index (χ1) is 9.74. The van der Waals surface area contributed by atoms with E-state index in [1.165, 1.54) is 5.56 Å². The third kappa shape index (κ3) is 2.62. The van der Waals surface area contributed by atoms with Crippen LogP contribution in [0.1, 0.15) is 43.0 Å². The first-order valence-electron chi connectivity index (χ1n) is 7.14. The molecule has 0 atom stereocenters. The second kappa shape index (κ2) is 5.53. The lowest BCUT2D eigenvalue weighted by atomic mass is 9.88. The van der Waals surface area contributed by atoms with Gasteiger partial charge in [-0.2, -0.15) is 0 Å². The number of carbonyl (C=O) groups excluding carboxylic acids is 1. The van der Waals surface area contributed by atoms with Crippen LogP contribution in [0.4, 0.5) is 0 Å². The van der Waals surface area contributed by atoms with Crippen LogP contribution in [0, 0.1) is 6.92 Å². The van der Waals surface area contributed by atoms with Crippen LogP contribution in [-0.2, 0) is 4.79 Å². The minimum atomic E-state index is 0.330. The van der Waals surface area contributed by atoms with Crippen LogP contribution in [-0.4, -0.2) is 15.8 Å². The van der Waals surface area contributed by atoms with E-state index in [9.17, 15) is 4.79 Å². The van der Waals surface area contributed by atoms with Crippen molar-refractivity contribution in [3.05, 3.63) is 47.9 Å². The lowest BCUT2D eigenvalue weighted by Gasteiger charge is -2.19. The number of benzene rings is 1. The predicted octanol–water partition coefficient (Wildman–Crippen LogP) is 3.68. The normalized spacial score (nSPS) is 16.4. The van der Waals surface area contributed by atoms with Gasteiger partial charge in [0, 0.05) is 30.5 Å². The number of aromatic nitrogens is 2. The topological polar surface area (TPSA) is 42.9 Å². The van der Waals surface area contributed by atoms with Crippen LogP contribution in [0.2, 0.25) is 0 Å². The zero-order chi connectivity index (χ0) is 13.9. The quantitative estimate of drug-likeness (QED) is 0.832. The van der Waals surface area contributed by atoms with Crippen molar-refractivity contribution in [2.45, 2.75) is 38.5 Å². The van der Waals surface area contributed by atoms with E-state index in [4.69, 9.17) is 4.98 Å². The van der Waals surface area contributed by atoms with Crippen molar-refractivity contribution >= 4 is 5.78 Å². The number of nitrogens with zero attached hydrogens (tertiary/aromatic N) is 2. The third-order valence-corrected chi connectivity index (χ3v) is 4.00. The van der Waals surface area contributed by atoms with Crippen molar-refractivity contribution < 1.29 is 4.79 Å². The van der Waals surface area contributed by atoms with Gasteiger partial charge in [-0.25, -0.2) is 9.97 Å². The number of rotatable bonds is 2. The van der Waals surface area contributed by atoms with E-state index >= 15 is 0 Å². The summed E-state index contributed by atoms with van der Waals surface area (Å²) in [4.78, 5) is 20.5. The average molecular weight is 266 g/mol. The van der Waals surface area contributed by atoms with Crippen molar-refractivity contribution in [1.29, 1.82) is 0 Å². The molecule has 1 aromatic carbocycles. The van der Waals surface area contributed by atoms with E-state index in [1.807, 2.05) is 24.4 Å². The molecule has 2 aromatic rings. The number of aryl methyl sites for hydroxylation is 1. The molecule has 0 aliphatic heterocycles. The van der Waals surface area contributed by atoms with E-state index in [0.717, 1.165) is 29.9 Å². The Morgan fingerprint density at radius 1 is 1.10 bits per heavy atom. The summed E-state index contributed by atoms with van der Waals surface area (Å²) in [5.74, 6) is 1.59. The Bertz CT molecular complexity index is 626. The van der Waals surface area contributed by atoms with Crippen LogP contribution in [0.15, 0.2) is 36.5 Å². The minimum absolute atomic E-state index is 0.330. The molecule has 3 heteroatoms. The summed E-state index contributed by atoms with van der Waals surface area (Å²) in [5, 5.41) is 0. The maximum absolute atomic E-state index is 11.3. The van der Waals surface area contributed by atoms with Gasteiger partial charge in [0.15, 0.2) is 0 Å². The van der Waals surface area contributed by atoms with Crippen LogP contribution in [0.25, 0.3) is 11.3 Å². The molecular weight excluding hydrogens is 248 g/mol. The standard InChI is InChI=1S/C17H18N2O/c1-12-4-2-3-5-15(12)16-10-11-18-17(19-16)13-6-8-14(20)9-7-13/h2-5,10-11,13H,6-9H2,1H3. The van der Waals surface area contributed by atoms with Gasteiger partial charge in [0.2, 0.25) is 0 Å². The Balaban J connectivity index is 1.90. The first-order valence-corrected chi connectivity index (χ1v) is 7.14. The lowest BCUT2D eigenvalue weighted by molar-refractivity contribution is -0.120. The maximum atomic E-state index is 11.3. The minimum Gasteiger partial charge on any atom is -0.300 e. The van der Waals surface area contributed by atoms with E-state index in [2.05, 4.69) is 24.0 Å². The van der Waals surface area contributed by atoms with Crippen molar-refractivity contribution in [2.75, 3.05) is 0 Å². The molecular formula is C17H18N2O. The Morgan fingerprint density at radius 2 is 1.85 bits per heavy atom. The molecule has 0 N–H and O–H groups in total. The molecule has 1 aliphatic rings. The van der Waals surface area contributed by atoms with E-state index in [-0.39, 0.29) is 0 Å². The summed E-state index contributed by atoms with van der Waals surface area (Å²) < 4.78 is 0. The molecule has 102 valence electrons. The maximum Gasteiger partial charge on any atom is 0.132 e. The highest BCUT2D eigenvalue weighted by Crippen LogP contribution is 2.30. The lowest BCUT2D eigenvalue weighted by Crippen LogP contribution is -2.14. The van der Waals surface area contributed by atoms with Crippen molar-refractivity contribution in [3.63, 3.8) is 0 Å². The van der Waals surface area contributed by atoms with Crippen LogP contribution < -0.4 is 0 Å². The molecule has 0 unspecified atom stereocenters. The summed E-state index contributed by atoms with van der Waals surface area (Å²) in [5.41, 5.74) is 3.35. The van der Waals surface area contributed by atoms with Gasteiger partial charge in [0.05, 0.1) is 5.69 Å². The molecule has 1 aromatic heterocycles. The van der Waals surface area contributed by atoms with Gasteiger partial charge in [-0.3, -0.25) is 4.79 Å². The molecule has 1 saturated carbocycles. The predicted molar refractivity (Wildman–Crippen MR) is 78.4 cm³/mol. The Kier molecular flexibility index (Phi) is 3.59. The second-order valence-corrected chi connectivity index (χ2v) is 5.43. The molecule has 1 fully saturated rings. The monoisotopic (exact) mass is 266 g/mol. The number of ketones is 1. The highest BCUT2D eigenvalue weighted by molar-refractivity contribution is 5.79. The zero-order valence-corrected chi connectivity index (χ0v) is 11.7. The second-order valence-electron chi connectivity index (χ2n) is 5.43. The zero-order valence-electron chi connectivity index (χ0n) is 11.7. The fourth-order valence-corrected chi connectivity index (χ4v) is 2.78. The highest BCUT2D eigenvalue weighted by atomic mass is 16.1. The van der Waals surface area contributed by atoms with Crippen molar-refractivity contribution in [1.82, 2.24) is 9.97 Å². The number of carbonyl (C=O) groups is 1. The molecule has 20 heavy (non-hydrogen) atoms. The Morgan fingerprint density at radius 3 is 2.60 bits per heavy atom. The van der Waals surface area contributed by atoms with E-state index in [1.54, 1.807) is 0 Å². The molecule has 3 rings (SSSR count). The molecule has 0 spiro atoms. The van der Waals surface area contributed by atoms with Crippen LogP contribution in [0.5, 0.6) is 0 Å². The van der Waals surface area contributed by atoms with Gasteiger partial charge < -0.3 is 0 Å². The summed E-state index contributed by atoms with van der Waals surface area (Å²) in [7, 11) is 0. The van der Waals surface area contributed by atoms with Gasteiger partial charge in [-0.05, 0) is 31.4 Å². The fraction of sp³-hybridized carbons (Fsp3) is 0.353. The summed E-state index contributed by atoms with van der Waals surface area (Å²) >= 11 is 0. The smallest absolute Gasteiger partial charge is 0.132 e. The van der Waals surface area contributed by atoms with Crippen LogP contribution >= 0.6 is 0 Å². The summed E-state index contributed by atoms with van der Waals surface area (Å²) in [6.45, 7) is 2.09. The molecule has 0 bridgehead atoms. The largest absolute Gasteiger partial charge is 0.300 e. The average Bonchev–Trinajstić information content (AvgIpc) is 2.49. The number of hydrogen-bond donors (Lipinski definition) is 0. The number of Topliss-reactive ketones (excluding diaryl/α,β-unsaturated/α-hetero) is 1. The highest BCUT2D eigenvalue weighted by Gasteiger charge is 2.22. The first kappa shape index (κ1) is 13.0. The van der Waals surface area contributed by atoms with E-state index < -0.39 is 0 Å². The Labute approximate surface area is 119 Å². The number of hydrogen-bond acceptors (Lipinski definition) is 3. The van der Waals surface area contributed by atoms with Crippen LogP contribution in [0.3, 0.4) is 0 Å². The molecule has 1 heterocycles.